The first kappa shape index (κ1) is 28.4. The van der Waals surface area contributed by atoms with Crippen LogP contribution in [0.25, 0.3) is 10.4 Å². The number of thiophene rings is 1. The maximum absolute atomic E-state index is 14.4. The number of rotatable bonds is 5. The second-order valence-corrected chi connectivity index (χ2v) is 11.9. The van der Waals surface area contributed by atoms with Gasteiger partial charge in [-0.3, -0.25) is 14.5 Å². The molecule has 1 fully saturated rings. The number of fused-ring (bicyclic) bond motifs is 3. The van der Waals surface area contributed by atoms with Gasteiger partial charge in [-0.2, -0.15) is 0 Å². The smallest absolute Gasteiger partial charge is 0.416 e. The summed E-state index contributed by atoms with van der Waals surface area (Å²) in [7, 11) is 0. The predicted molar refractivity (Wildman–Crippen MR) is 171 cm³/mol. The molecule has 1 atom stereocenters. The lowest BCUT2D eigenvalue weighted by Gasteiger charge is -2.24. The molecule has 0 unspecified atom stereocenters. The van der Waals surface area contributed by atoms with Gasteiger partial charge in [0.05, 0.1) is 16.3 Å². The minimum atomic E-state index is -0.518. The van der Waals surface area contributed by atoms with Crippen LogP contribution < -0.4 is 15.1 Å². The number of amides is 3. The van der Waals surface area contributed by atoms with E-state index >= 15 is 0 Å². The van der Waals surface area contributed by atoms with Gasteiger partial charge in [0.15, 0.2) is 0 Å². The number of pyridine rings is 1. The number of nitrogens with one attached hydrogen (secondary N) is 1. The average Bonchev–Trinajstić information content (AvgIpc) is 3.63. The molecule has 2 aromatic heterocycles. The van der Waals surface area contributed by atoms with Crippen molar-refractivity contribution in [2.24, 2.45) is 0 Å². The van der Waals surface area contributed by atoms with E-state index in [1.807, 2.05) is 60.7 Å². The summed E-state index contributed by atoms with van der Waals surface area (Å²) in [6.07, 6.45) is -0.0255. The Kier molecular flexibility index (Phi) is 7.34. The second-order valence-electron chi connectivity index (χ2n) is 10.8. The van der Waals surface area contributed by atoms with Crippen LogP contribution in [0.15, 0.2) is 97.1 Å². The van der Waals surface area contributed by atoms with Crippen molar-refractivity contribution < 1.29 is 23.5 Å². The quantitative estimate of drug-likeness (QED) is 0.222. The van der Waals surface area contributed by atoms with Crippen molar-refractivity contribution in [1.82, 2.24) is 4.98 Å². The molecule has 0 aliphatic carbocycles. The molecule has 0 saturated carbocycles. The van der Waals surface area contributed by atoms with Gasteiger partial charge in [-0.1, -0.05) is 66.7 Å². The largest absolute Gasteiger partial charge is 0.447 e. The minimum Gasteiger partial charge on any atom is -0.447 e. The molecule has 7 rings (SSSR count). The molecule has 224 valence electrons. The molecule has 2 aliphatic heterocycles. The number of ether oxygens (including phenoxy) is 1. The highest BCUT2D eigenvalue weighted by Crippen LogP contribution is 2.42. The molecule has 2 aliphatic rings. The van der Waals surface area contributed by atoms with Crippen LogP contribution in [0.3, 0.4) is 0 Å². The highest BCUT2D eigenvalue weighted by atomic mass is 32.1. The van der Waals surface area contributed by atoms with Gasteiger partial charge in [0.25, 0.3) is 11.8 Å². The van der Waals surface area contributed by atoms with Crippen LogP contribution in [0.5, 0.6) is 0 Å². The highest BCUT2D eigenvalue weighted by Gasteiger charge is 2.37. The summed E-state index contributed by atoms with van der Waals surface area (Å²) in [6.45, 7) is 2.27. The maximum Gasteiger partial charge on any atom is 0.416 e. The van der Waals surface area contributed by atoms with Gasteiger partial charge < -0.3 is 15.0 Å². The molecular formula is C35H27FN4O4S. The van der Waals surface area contributed by atoms with Crippen molar-refractivity contribution in [2.75, 3.05) is 28.3 Å². The topological polar surface area (TPSA) is 91.8 Å². The van der Waals surface area contributed by atoms with E-state index in [0.29, 0.717) is 34.9 Å². The molecule has 1 saturated heterocycles. The number of carbonyl (C=O) groups is 3. The third kappa shape index (κ3) is 5.23. The zero-order chi connectivity index (χ0) is 31.1. The van der Waals surface area contributed by atoms with Gasteiger partial charge in [0.1, 0.15) is 30.0 Å². The Morgan fingerprint density at radius 2 is 1.76 bits per heavy atom. The molecule has 10 heteroatoms. The van der Waals surface area contributed by atoms with Gasteiger partial charge in [-0.05, 0) is 60.4 Å². The van der Waals surface area contributed by atoms with Gasteiger partial charge in [0, 0.05) is 17.0 Å². The Labute approximate surface area is 262 Å². The number of hydrogen-bond donors (Lipinski definition) is 1. The Hall–Kier alpha value is -5.35. The van der Waals surface area contributed by atoms with Crippen molar-refractivity contribution in [1.29, 1.82) is 0 Å². The fourth-order valence-corrected chi connectivity index (χ4v) is 6.93. The van der Waals surface area contributed by atoms with Crippen LogP contribution >= 0.6 is 11.3 Å². The molecule has 5 aromatic rings. The van der Waals surface area contributed by atoms with Gasteiger partial charge in [0.2, 0.25) is 0 Å². The lowest BCUT2D eigenvalue weighted by molar-refractivity contribution is 0.0981. The molecule has 0 radical (unpaired) electrons. The number of nitrogens with zero attached hydrogens (tertiary/aromatic N) is 3. The molecular weight excluding hydrogens is 591 g/mol. The Morgan fingerprint density at radius 3 is 2.58 bits per heavy atom. The molecule has 3 aromatic carbocycles. The summed E-state index contributed by atoms with van der Waals surface area (Å²) in [5, 5.41) is 2.72. The number of aryl methyl sites for hydroxylation is 1. The normalized spacial score (nSPS) is 15.6. The first-order valence-electron chi connectivity index (χ1n) is 14.5. The summed E-state index contributed by atoms with van der Waals surface area (Å²) in [4.78, 5) is 49.2. The molecule has 3 amide bonds. The Balaban J connectivity index is 1.18. The zero-order valence-corrected chi connectivity index (χ0v) is 25.0. The van der Waals surface area contributed by atoms with E-state index in [9.17, 15) is 18.8 Å². The average molecular weight is 619 g/mol. The summed E-state index contributed by atoms with van der Waals surface area (Å²) < 4.78 is 19.8. The summed E-state index contributed by atoms with van der Waals surface area (Å²) in [5.74, 6) is -0.853. The monoisotopic (exact) mass is 618 g/mol. The first-order valence-corrected chi connectivity index (χ1v) is 15.3. The van der Waals surface area contributed by atoms with Gasteiger partial charge in [-0.25, -0.2) is 14.2 Å². The predicted octanol–water partition coefficient (Wildman–Crippen LogP) is 7.41. The lowest BCUT2D eigenvalue weighted by atomic mass is 10.1. The maximum atomic E-state index is 14.4. The number of halogens is 1. The van der Waals surface area contributed by atoms with E-state index in [1.165, 1.54) is 22.3 Å². The van der Waals surface area contributed by atoms with E-state index < -0.39 is 11.9 Å². The number of cyclic esters (lactones) is 1. The number of carbonyl (C=O) groups excluding carboxylic acids is 3. The second kappa shape index (κ2) is 11.6. The van der Waals surface area contributed by atoms with Crippen LogP contribution in [-0.2, 0) is 11.2 Å². The summed E-state index contributed by atoms with van der Waals surface area (Å²) in [6, 6.07) is 28.3. The van der Waals surface area contributed by atoms with Crippen molar-refractivity contribution in [3.8, 4) is 10.4 Å². The number of aromatic nitrogens is 1. The van der Waals surface area contributed by atoms with Crippen LogP contribution in [0.1, 0.15) is 42.9 Å². The fourth-order valence-electron chi connectivity index (χ4n) is 5.79. The summed E-state index contributed by atoms with van der Waals surface area (Å²) in [5.41, 5.74) is 4.32. The molecule has 0 bridgehead atoms. The van der Waals surface area contributed by atoms with E-state index in [2.05, 4.69) is 10.3 Å². The third-order valence-corrected chi connectivity index (χ3v) is 9.25. The first-order chi connectivity index (χ1) is 21.9. The number of hydrogen-bond acceptors (Lipinski definition) is 6. The highest BCUT2D eigenvalue weighted by molar-refractivity contribution is 7.17. The van der Waals surface area contributed by atoms with E-state index in [0.717, 1.165) is 21.6 Å². The molecule has 45 heavy (non-hydrogen) atoms. The van der Waals surface area contributed by atoms with Crippen molar-refractivity contribution in [2.45, 2.75) is 19.4 Å². The molecule has 8 nitrogen and oxygen atoms in total. The minimum absolute atomic E-state index is 0.162. The van der Waals surface area contributed by atoms with Crippen LogP contribution in [0.4, 0.5) is 26.4 Å². The Morgan fingerprint density at radius 1 is 0.978 bits per heavy atom. The number of benzene rings is 3. The lowest BCUT2D eigenvalue weighted by Crippen LogP contribution is -2.34. The number of anilines is 3. The van der Waals surface area contributed by atoms with Crippen LogP contribution in [0.2, 0.25) is 0 Å². The summed E-state index contributed by atoms with van der Waals surface area (Å²) >= 11 is 1.31. The van der Waals surface area contributed by atoms with Crippen molar-refractivity contribution in [3.63, 3.8) is 0 Å². The van der Waals surface area contributed by atoms with E-state index in [1.54, 1.807) is 42.2 Å². The number of para-hydroxylation sites is 2. The molecule has 1 N–H and O–H groups in total. The zero-order valence-electron chi connectivity index (χ0n) is 24.2. The van der Waals surface area contributed by atoms with E-state index in [-0.39, 0.29) is 35.8 Å². The Bertz CT molecular complexity index is 1940. The standard InChI is InChI=1S/C35H27FN4O4S/c1-21-9-7-13-25(36)31(21)38-33(41)29-19-23-17-18-39(27-15-6-5-12-24(27)32(23)45-29)34(42)26-14-8-16-30(37-26)40-28(20-44-35(40)43)22-10-3-2-4-11-22/h2-16,19,28H,17-18,20H2,1H3,(H,38,41)/t28-/m1/s1. The molecule has 4 heterocycles. The van der Waals surface area contributed by atoms with Crippen LogP contribution in [0, 0.1) is 12.7 Å². The van der Waals surface area contributed by atoms with E-state index in [4.69, 9.17) is 4.74 Å². The van der Waals surface area contributed by atoms with Crippen molar-refractivity contribution >= 4 is 46.4 Å². The van der Waals surface area contributed by atoms with Gasteiger partial charge >= 0.3 is 6.09 Å². The van der Waals surface area contributed by atoms with Gasteiger partial charge in [-0.15, -0.1) is 11.3 Å². The fraction of sp³-hybridized carbons (Fsp3) is 0.143. The third-order valence-electron chi connectivity index (χ3n) is 8.04. The molecule has 0 spiro atoms. The SMILES string of the molecule is Cc1cccc(F)c1NC(=O)c1cc2c(s1)-c1ccccc1N(C(=O)c1cccc(N3C(=O)OC[C@@H]3c3ccccc3)n1)CC2. The van der Waals surface area contributed by atoms with Crippen molar-refractivity contribution in [3.05, 3.63) is 130 Å². The van der Waals surface area contributed by atoms with Crippen LogP contribution in [-0.4, -0.2) is 36.0 Å².